The zero-order chi connectivity index (χ0) is 41.4. The Labute approximate surface area is 339 Å². The first-order valence-corrected chi connectivity index (χ1v) is 19.1. The van der Waals surface area contributed by atoms with Crippen LogP contribution in [0.3, 0.4) is 0 Å². The van der Waals surface area contributed by atoms with Gasteiger partial charge in [0.15, 0.2) is 23.1 Å². The van der Waals surface area contributed by atoms with E-state index in [2.05, 4.69) is 10.4 Å². The van der Waals surface area contributed by atoms with Gasteiger partial charge in [0.25, 0.3) is 11.8 Å². The number of carbonyl (C=O) groups is 5. The van der Waals surface area contributed by atoms with Gasteiger partial charge in [0.2, 0.25) is 11.8 Å². The van der Waals surface area contributed by atoms with Gasteiger partial charge in [-0.1, -0.05) is 59.1 Å². The van der Waals surface area contributed by atoms with Gasteiger partial charge in [-0.3, -0.25) is 34.3 Å². The van der Waals surface area contributed by atoms with Crippen molar-refractivity contribution in [1.29, 1.82) is 0 Å². The zero-order valence-corrected chi connectivity index (χ0v) is 32.2. The van der Waals surface area contributed by atoms with Crippen LogP contribution in [-0.4, -0.2) is 51.1 Å². The first kappa shape index (κ1) is 39.1. The van der Waals surface area contributed by atoms with E-state index in [0.29, 0.717) is 39.0 Å². The second kappa shape index (κ2) is 14.3. The molecule has 16 heteroatoms. The van der Waals surface area contributed by atoms with Gasteiger partial charge in [-0.2, -0.15) is 18.2 Å². The van der Waals surface area contributed by atoms with Gasteiger partial charge in [-0.05, 0) is 86.7 Å². The standard InChI is InChI=1S/C42H33Cl2F3N4O7/c1-3-58-32-6-4-5-28(35(32)53)34-26-15-16-27-33(39(56)50(37(27)54)25-13-7-21(8-14-25)20(2)52)29(26)18-30-38(55)51(40(57)41(30,34)22-9-11-24(43)12-10-22)49-36-31(44)17-23(19-48-36)42(45,46)47/h4-15,17,19,27,29-30,33-34,53H,3,16,18H2,1-2H3,(H,48,49). The van der Waals surface area contributed by atoms with Crippen molar-refractivity contribution in [3.63, 3.8) is 0 Å². The van der Waals surface area contributed by atoms with Crippen LogP contribution in [0.1, 0.15) is 59.7 Å². The van der Waals surface area contributed by atoms with E-state index in [-0.39, 0.29) is 48.0 Å². The van der Waals surface area contributed by atoms with E-state index >= 15 is 4.79 Å². The highest BCUT2D eigenvalue weighted by molar-refractivity contribution is 6.33. The Balaban J connectivity index is 1.31. The fourth-order valence-electron chi connectivity index (χ4n) is 9.27. The van der Waals surface area contributed by atoms with Gasteiger partial charge in [-0.25, -0.2) is 4.98 Å². The Bertz CT molecular complexity index is 2440. The second-order valence-electron chi connectivity index (χ2n) is 14.7. The van der Waals surface area contributed by atoms with Crippen molar-refractivity contribution in [3.05, 3.63) is 123 Å². The number of nitrogens with one attached hydrogen (secondary N) is 1. The summed E-state index contributed by atoms with van der Waals surface area (Å²) in [6.45, 7) is 3.30. The molecule has 2 saturated heterocycles. The first-order chi connectivity index (χ1) is 27.6. The maximum absolute atomic E-state index is 15.4. The number of hydrogen-bond acceptors (Lipinski definition) is 9. The minimum Gasteiger partial charge on any atom is -0.504 e. The number of ketones is 1. The van der Waals surface area contributed by atoms with E-state index in [1.165, 1.54) is 31.2 Å². The normalized spacial score (nSPS) is 25.3. The summed E-state index contributed by atoms with van der Waals surface area (Å²) >= 11 is 12.6. The van der Waals surface area contributed by atoms with Crippen molar-refractivity contribution in [2.75, 3.05) is 16.9 Å². The Morgan fingerprint density at radius 3 is 2.33 bits per heavy atom. The molecule has 4 aliphatic rings. The summed E-state index contributed by atoms with van der Waals surface area (Å²) in [5.74, 6) is -8.54. The molecule has 0 bridgehead atoms. The zero-order valence-electron chi connectivity index (χ0n) is 30.7. The lowest BCUT2D eigenvalue weighted by Gasteiger charge is -2.50. The number of hydrazine groups is 1. The summed E-state index contributed by atoms with van der Waals surface area (Å²) in [6.07, 6.45) is -2.50. The molecular weight excluding hydrogens is 800 g/mol. The summed E-state index contributed by atoms with van der Waals surface area (Å²) in [6, 6.07) is 17.7. The molecule has 4 amide bonds. The molecule has 58 heavy (non-hydrogen) atoms. The number of hydrogen-bond donors (Lipinski definition) is 2. The number of para-hydroxylation sites is 1. The summed E-state index contributed by atoms with van der Waals surface area (Å²) in [4.78, 5) is 75.9. The molecule has 3 heterocycles. The minimum atomic E-state index is -4.78. The molecule has 1 aromatic heterocycles. The van der Waals surface area contributed by atoms with E-state index in [1.54, 1.807) is 55.5 Å². The number of alkyl halides is 3. The van der Waals surface area contributed by atoms with Gasteiger partial charge >= 0.3 is 6.18 Å². The third-order valence-electron chi connectivity index (χ3n) is 11.7. The second-order valence-corrected chi connectivity index (χ2v) is 15.5. The fourth-order valence-corrected chi connectivity index (χ4v) is 9.61. The number of imide groups is 2. The van der Waals surface area contributed by atoms with Gasteiger partial charge in [-0.15, -0.1) is 0 Å². The number of Topliss-reactive ketones (excluding diaryl/α,β-unsaturated/α-hetero) is 1. The van der Waals surface area contributed by atoms with E-state index in [4.69, 9.17) is 27.9 Å². The number of ether oxygens (including phenoxy) is 1. The molecule has 2 aliphatic carbocycles. The largest absolute Gasteiger partial charge is 0.504 e. The molecule has 3 aromatic carbocycles. The highest BCUT2D eigenvalue weighted by atomic mass is 35.5. The van der Waals surface area contributed by atoms with Crippen LogP contribution in [0.2, 0.25) is 10.0 Å². The van der Waals surface area contributed by atoms with Crippen LogP contribution in [0.4, 0.5) is 24.7 Å². The van der Waals surface area contributed by atoms with Crippen LogP contribution >= 0.6 is 23.2 Å². The molecule has 4 aromatic rings. The Kier molecular flexibility index (Phi) is 9.63. The highest BCUT2D eigenvalue weighted by Crippen LogP contribution is 2.65. The first-order valence-electron chi connectivity index (χ1n) is 18.4. The number of benzene rings is 3. The average Bonchev–Trinajstić information content (AvgIpc) is 3.57. The number of aromatic hydroxyl groups is 1. The smallest absolute Gasteiger partial charge is 0.417 e. The number of nitrogens with zero attached hydrogens (tertiary/aromatic N) is 3. The number of allylic oxidation sites excluding steroid dienone is 2. The molecule has 2 aliphatic heterocycles. The van der Waals surface area contributed by atoms with E-state index in [0.717, 1.165) is 4.90 Å². The molecule has 0 spiro atoms. The van der Waals surface area contributed by atoms with E-state index in [1.807, 2.05) is 0 Å². The number of phenolic OH excluding ortho intramolecular Hbond substituents is 1. The third-order valence-corrected chi connectivity index (χ3v) is 12.3. The van der Waals surface area contributed by atoms with Gasteiger partial charge in [0.1, 0.15) is 0 Å². The number of aromatic nitrogens is 1. The van der Waals surface area contributed by atoms with Crippen LogP contribution in [0.15, 0.2) is 90.6 Å². The van der Waals surface area contributed by atoms with Crippen molar-refractivity contribution >= 4 is 64.1 Å². The van der Waals surface area contributed by atoms with Crippen LogP contribution in [-0.2, 0) is 30.8 Å². The lowest BCUT2D eigenvalue weighted by atomic mass is 9.49. The molecule has 1 saturated carbocycles. The number of carbonyl (C=O) groups excluding carboxylic acids is 5. The molecule has 8 rings (SSSR count). The Morgan fingerprint density at radius 2 is 1.69 bits per heavy atom. The monoisotopic (exact) mass is 832 g/mol. The number of pyridine rings is 1. The maximum atomic E-state index is 15.4. The summed E-state index contributed by atoms with van der Waals surface area (Å²) in [5, 5.41) is 12.4. The van der Waals surface area contributed by atoms with Crippen molar-refractivity contribution in [1.82, 2.24) is 9.99 Å². The Hall–Kier alpha value is -5.73. The van der Waals surface area contributed by atoms with E-state index in [9.17, 15) is 37.5 Å². The average molecular weight is 834 g/mol. The molecule has 6 atom stereocenters. The number of halogens is 5. The summed E-state index contributed by atoms with van der Waals surface area (Å²) < 4.78 is 46.3. The van der Waals surface area contributed by atoms with Crippen molar-refractivity contribution in [2.45, 2.75) is 44.2 Å². The number of fused-ring (bicyclic) bond motifs is 4. The number of phenols is 1. The van der Waals surface area contributed by atoms with Gasteiger partial charge in [0, 0.05) is 28.3 Å². The van der Waals surface area contributed by atoms with Gasteiger partial charge < -0.3 is 9.84 Å². The van der Waals surface area contributed by atoms with Crippen LogP contribution < -0.4 is 15.1 Å². The predicted molar refractivity (Wildman–Crippen MR) is 205 cm³/mol. The lowest BCUT2D eigenvalue weighted by molar-refractivity contribution is -0.139. The van der Waals surface area contributed by atoms with E-state index < -0.39 is 81.2 Å². The fraction of sp³-hybridized carbons (Fsp3) is 0.286. The van der Waals surface area contributed by atoms with Crippen molar-refractivity contribution < 1.29 is 47.0 Å². The quantitative estimate of drug-likeness (QED) is 0.103. The Morgan fingerprint density at radius 1 is 0.983 bits per heavy atom. The summed E-state index contributed by atoms with van der Waals surface area (Å²) in [7, 11) is 0. The number of amides is 4. The van der Waals surface area contributed by atoms with Gasteiger partial charge in [0.05, 0.1) is 46.0 Å². The molecule has 11 nitrogen and oxygen atoms in total. The SMILES string of the molecule is CCOc1cccc(C2C3=CCC4C(=O)N(c5ccc(C(C)=O)cc5)C(=O)C4C3CC3C(=O)N(Nc4ncc(C(F)(F)F)cc4Cl)C(=O)C32c2ccc(Cl)cc2)c1O. The maximum Gasteiger partial charge on any atom is 0.417 e. The minimum absolute atomic E-state index is 0.0854. The van der Waals surface area contributed by atoms with Crippen LogP contribution in [0, 0.1) is 23.7 Å². The molecular formula is C42H33Cl2F3N4O7. The molecule has 6 unspecified atom stereocenters. The molecule has 2 N–H and O–H groups in total. The van der Waals surface area contributed by atoms with Crippen LogP contribution in [0.5, 0.6) is 11.5 Å². The predicted octanol–water partition coefficient (Wildman–Crippen LogP) is 7.90. The summed E-state index contributed by atoms with van der Waals surface area (Å²) in [5.41, 5.74) is 1.29. The lowest BCUT2D eigenvalue weighted by Crippen LogP contribution is -2.53. The molecule has 3 fully saturated rings. The van der Waals surface area contributed by atoms with Crippen molar-refractivity contribution in [3.8, 4) is 11.5 Å². The topological polar surface area (TPSA) is 146 Å². The highest BCUT2D eigenvalue weighted by Gasteiger charge is 2.71. The number of anilines is 2. The molecule has 298 valence electrons. The van der Waals surface area contributed by atoms with Crippen molar-refractivity contribution in [2.24, 2.45) is 23.7 Å². The van der Waals surface area contributed by atoms with Crippen LogP contribution in [0.25, 0.3) is 0 Å². The number of rotatable bonds is 8. The molecule has 0 radical (unpaired) electrons. The third kappa shape index (κ3) is 5.95.